The van der Waals surface area contributed by atoms with Crippen LogP contribution in [0.1, 0.15) is 31.4 Å². The molecule has 2 rings (SSSR count). The van der Waals surface area contributed by atoms with Crippen LogP contribution in [0.25, 0.3) is 0 Å². The standard InChI is InChI=1S/C10H18N4/c1-14-9(6-10(11)13-14)7-12-8-4-2-3-5-8/h6,8,12H,2-5,7H2,1H3,(H2,11,13). The van der Waals surface area contributed by atoms with Crippen LogP contribution >= 0.6 is 0 Å². The van der Waals surface area contributed by atoms with E-state index >= 15 is 0 Å². The van der Waals surface area contributed by atoms with Crippen molar-refractivity contribution in [1.29, 1.82) is 0 Å². The Labute approximate surface area is 84.5 Å². The minimum Gasteiger partial charge on any atom is -0.382 e. The van der Waals surface area contributed by atoms with E-state index in [2.05, 4.69) is 10.4 Å². The molecule has 0 spiro atoms. The maximum atomic E-state index is 5.60. The fourth-order valence-corrected chi connectivity index (χ4v) is 2.07. The van der Waals surface area contributed by atoms with Gasteiger partial charge in [-0.25, -0.2) is 0 Å². The summed E-state index contributed by atoms with van der Waals surface area (Å²) in [6.45, 7) is 0.880. The van der Waals surface area contributed by atoms with Crippen molar-refractivity contribution in [1.82, 2.24) is 15.1 Å². The second kappa shape index (κ2) is 4.00. The first-order valence-electron chi connectivity index (χ1n) is 5.27. The molecule has 4 nitrogen and oxygen atoms in total. The highest BCUT2D eigenvalue weighted by Gasteiger charge is 2.14. The Morgan fingerprint density at radius 1 is 1.57 bits per heavy atom. The molecule has 0 aromatic carbocycles. The van der Waals surface area contributed by atoms with Crippen LogP contribution in [0.3, 0.4) is 0 Å². The molecule has 0 radical (unpaired) electrons. The number of anilines is 1. The van der Waals surface area contributed by atoms with Gasteiger partial charge in [-0.2, -0.15) is 5.10 Å². The molecule has 0 saturated heterocycles. The smallest absolute Gasteiger partial charge is 0.145 e. The largest absolute Gasteiger partial charge is 0.382 e. The van der Waals surface area contributed by atoms with Gasteiger partial charge in [0, 0.05) is 25.7 Å². The maximum absolute atomic E-state index is 5.60. The SMILES string of the molecule is Cn1nc(N)cc1CNC1CCCC1. The molecule has 0 atom stereocenters. The molecule has 4 heteroatoms. The van der Waals surface area contributed by atoms with Gasteiger partial charge in [0.25, 0.3) is 0 Å². The van der Waals surface area contributed by atoms with Gasteiger partial charge in [-0.15, -0.1) is 0 Å². The summed E-state index contributed by atoms with van der Waals surface area (Å²) >= 11 is 0. The first-order valence-corrected chi connectivity index (χ1v) is 5.27. The molecule has 3 N–H and O–H groups in total. The lowest BCUT2D eigenvalue weighted by Gasteiger charge is -2.11. The molecule has 78 valence electrons. The van der Waals surface area contributed by atoms with Crippen LogP contribution < -0.4 is 11.1 Å². The van der Waals surface area contributed by atoms with E-state index in [1.807, 2.05) is 17.8 Å². The van der Waals surface area contributed by atoms with Crippen LogP contribution in [0.15, 0.2) is 6.07 Å². The van der Waals surface area contributed by atoms with Crippen molar-refractivity contribution in [2.75, 3.05) is 5.73 Å². The van der Waals surface area contributed by atoms with Crippen molar-refractivity contribution < 1.29 is 0 Å². The quantitative estimate of drug-likeness (QED) is 0.755. The van der Waals surface area contributed by atoms with Crippen molar-refractivity contribution in [3.05, 3.63) is 11.8 Å². The molecule has 14 heavy (non-hydrogen) atoms. The van der Waals surface area contributed by atoms with E-state index in [9.17, 15) is 0 Å². The Balaban J connectivity index is 1.87. The summed E-state index contributed by atoms with van der Waals surface area (Å²) in [7, 11) is 1.93. The van der Waals surface area contributed by atoms with Crippen LogP contribution in [0.5, 0.6) is 0 Å². The third-order valence-electron chi connectivity index (χ3n) is 2.92. The van der Waals surface area contributed by atoms with Crippen LogP contribution in [0.2, 0.25) is 0 Å². The number of aryl methyl sites for hydroxylation is 1. The molecule has 0 amide bonds. The van der Waals surface area contributed by atoms with Crippen molar-refractivity contribution in [3.8, 4) is 0 Å². The molecule has 0 bridgehead atoms. The molecule has 0 aliphatic heterocycles. The predicted octanol–water partition coefficient (Wildman–Crippen LogP) is 1.03. The zero-order valence-electron chi connectivity index (χ0n) is 8.66. The van der Waals surface area contributed by atoms with E-state index in [1.165, 1.54) is 25.7 Å². The van der Waals surface area contributed by atoms with Crippen LogP contribution in [0, 0.1) is 0 Å². The Hall–Kier alpha value is -1.03. The lowest BCUT2D eigenvalue weighted by atomic mass is 10.2. The summed E-state index contributed by atoms with van der Waals surface area (Å²) in [4.78, 5) is 0. The Morgan fingerprint density at radius 2 is 2.29 bits per heavy atom. The van der Waals surface area contributed by atoms with Crippen LogP contribution in [-0.2, 0) is 13.6 Å². The van der Waals surface area contributed by atoms with Crippen molar-refractivity contribution >= 4 is 5.82 Å². The molecule has 1 aromatic heterocycles. The third kappa shape index (κ3) is 2.07. The fraction of sp³-hybridized carbons (Fsp3) is 0.700. The monoisotopic (exact) mass is 194 g/mol. The summed E-state index contributed by atoms with van der Waals surface area (Å²) in [6.07, 6.45) is 5.36. The van der Waals surface area contributed by atoms with Gasteiger partial charge in [0.05, 0.1) is 5.69 Å². The van der Waals surface area contributed by atoms with Gasteiger partial charge in [0.1, 0.15) is 5.82 Å². The first kappa shape index (κ1) is 9.52. The number of nitrogens with zero attached hydrogens (tertiary/aromatic N) is 2. The summed E-state index contributed by atoms with van der Waals surface area (Å²) < 4.78 is 1.84. The second-order valence-electron chi connectivity index (χ2n) is 4.05. The molecule has 1 fully saturated rings. The Morgan fingerprint density at radius 3 is 2.86 bits per heavy atom. The molecule has 1 heterocycles. The van der Waals surface area contributed by atoms with Crippen molar-refractivity contribution in [2.24, 2.45) is 7.05 Å². The number of rotatable bonds is 3. The van der Waals surface area contributed by atoms with Crippen LogP contribution in [-0.4, -0.2) is 15.8 Å². The lowest BCUT2D eigenvalue weighted by Crippen LogP contribution is -2.26. The van der Waals surface area contributed by atoms with E-state index < -0.39 is 0 Å². The number of hydrogen-bond acceptors (Lipinski definition) is 3. The average Bonchev–Trinajstić information content (AvgIpc) is 2.72. The zero-order valence-corrected chi connectivity index (χ0v) is 8.66. The Kier molecular flexibility index (Phi) is 2.72. The molecule has 1 aliphatic rings. The fourth-order valence-electron chi connectivity index (χ4n) is 2.07. The number of nitrogens with two attached hydrogens (primary N) is 1. The average molecular weight is 194 g/mol. The maximum Gasteiger partial charge on any atom is 0.145 e. The second-order valence-corrected chi connectivity index (χ2v) is 4.05. The lowest BCUT2D eigenvalue weighted by molar-refractivity contribution is 0.508. The number of aromatic nitrogens is 2. The van der Waals surface area contributed by atoms with Crippen molar-refractivity contribution in [2.45, 2.75) is 38.3 Å². The zero-order chi connectivity index (χ0) is 9.97. The minimum absolute atomic E-state index is 0.607. The van der Waals surface area contributed by atoms with E-state index in [-0.39, 0.29) is 0 Å². The summed E-state index contributed by atoms with van der Waals surface area (Å²) in [5, 5.41) is 7.65. The first-order chi connectivity index (χ1) is 6.75. The van der Waals surface area contributed by atoms with E-state index in [4.69, 9.17) is 5.73 Å². The molecular formula is C10H18N4. The van der Waals surface area contributed by atoms with Gasteiger partial charge < -0.3 is 11.1 Å². The normalized spacial score (nSPS) is 17.8. The van der Waals surface area contributed by atoms with Gasteiger partial charge in [0.2, 0.25) is 0 Å². The van der Waals surface area contributed by atoms with Crippen LogP contribution in [0.4, 0.5) is 5.82 Å². The number of nitrogen functional groups attached to an aromatic ring is 1. The van der Waals surface area contributed by atoms with E-state index in [0.29, 0.717) is 11.9 Å². The molecule has 0 unspecified atom stereocenters. The number of hydrogen-bond donors (Lipinski definition) is 2. The van der Waals surface area contributed by atoms with Gasteiger partial charge in [0.15, 0.2) is 0 Å². The molecule has 1 aromatic rings. The van der Waals surface area contributed by atoms with Gasteiger partial charge in [-0.3, -0.25) is 4.68 Å². The highest BCUT2D eigenvalue weighted by atomic mass is 15.3. The van der Waals surface area contributed by atoms with E-state index in [0.717, 1.165) is 12.2 Å². The highest BCUT2D eigenvalue weighted by Crippen LogP contribution is 2.18. The minimum atomic E-state index is 0.607. The topological polar surface area (TPSA) is 55.9 Å². The van der Waals surface area contributed by atoms with Gasteiger partial charge >= 0.3 is 0 Å². The van der Waals surface area contributed by atoms with Gasteiger partial charge in [-0.05, 0) is 12.8 Å². The summed E-state index contributed by atoms with van der Waals surface area (Å²) in [5.41, 5.74) is 6.76. The summed E-state index contributed by atoms with van der Waals surface area (Å²) in [5.74, 6) is 0.607. The number of nitrogens with one attached hydrogen (secondary N) is 1. The molecule has 1 aliphatic carbocycles. The molecule has 1 saturated carbocycles. The highest BCUT2D eigenvalue weighted by molar-refractivity contribution is 5.29. The van der Waals surface area contributed by atoms with Crippen molar-refractivity contribution in [3.63, 3.8) is 0 Å². The van der Waals surface area contributed by atoms with Gasteiger partial charge in [-0.1, -0.05) is 12.8 Å². The van der Waals surface area contributed by atoms with E-state index in [1.54, 1.807) is 0 Å². The predicted molar refractivity (Wildman–Crippen MR) is 56.7 cm³/mol. The third-order valence-corrected chi connectivity index (χ3v) is 2.92. The molecular weight excluding hydrogens is 176 g/mol. The summed E-state index contributed by atoms with van der Waals surface area (Å²) in [6, 6.07) is 2.63. The Bertz CT molecular complexity index is 299.